The minimum atomic E-state index is -2.95. The lowest BCUT2D eigenvalue weighted by Gasteiger charge is -2.23. The SMILES string of the molecule is CN(C(=O)C1CC1c1ccco1)C1CCS(=O)(=O)C1. The summed E-state index contributed by atoms with van der Waals surface area (Å²) in [6, 6.07) is 3.55. The maximum Gasteiger partial charge on any atom is 0.226 e. The molecule has 6 heteroatoms. The third kappa shape index (κ3) is 2.41. The molecule has 0 aromatic carbocycles. The fourth-order valence-corrected chi connectivity index (χ4v) is 4.58. The molecule has 2 aliphatic rings. The lowest BCUT2D eigenvalue weighted by molar-refractivity contribution is -0.133. The summed E-state index contributed by atoms with van der Waals surface area (Å²) in [6.45, 7) is 0. The van der Waals surface area contributed by atoms with E-state index in [9.17, 15) is 13.2 Å². The highest BCUT2D eigenvalue weighted by atomic mass is 32.2. The van der Waals surface area contributed by atoms with Crippen molar-refractivity contribution < 1.29 is 17.6 Å². The summed E-state index contributed by atoms with van der Waals surface area (Å²) in [5.41, 5.74) is 0. The Bertz CT molecular complexity index is 578. The molecule has 0 N–H and O–H groups in total. The van der Waals surface area contributed by atoms with Gasteiger partial charge in [-0.2, -0.15) is 0 Å². The van der Waals surface area contributed by atoms with Crippen molar-refractivity contribution in [2.45, 2.75) is 24.8 Å². The maximum atomic E-state index is 12.3. The fourth-order valence-electron chi connectivity index (χ4n) is 2.81. The van der Waals surface area contributed by atoms with Crippen LogP contribution in [0.1, 0.15) is 24.5 Å². The third-order valence-electron chi connectivity index (χ3n) is 4.12. The van der Waals surface area contributed by atoms with E-state index in [0.717, 1.165) is 12.2 Å². The Labute approximate surface area is 112 Å². The normalized spacial score (nSPS) is 32.2. The second-order valence-corrected chi connectivity index (χ2v) is 7.70. The molecule has 1 saturated heterocycles. The largest absolute Gasteiger partial charge is 0.469 e. The van der Waals surface area contributed by atoms with Gasteiger partial charge in [0.15, 0.2) is 9.84 Å². The Hall–Kier alpha value is -1.30. The molecule has 1 aromatic rings. The van der Waals surface area contributed by atoms with Crippen LogP contribution >= 0.6 is 0 Å². The average Bonchev–Trinajstić information content (AvgIpc) is 2.81. The molecule has 0 radical (unpaired) electrons. The van der Waals surface area contributed by atoms with Crippen LogP contribution in [0.15, 0.2) is 22.8 Å². The second kappa shape index (κ2) is 4.37. The standard InChI is InChI=1S/C13H17NO4S/c1-14(9-4-6-19(16,17)8-9)13(15)11-7-10(11)12-3-2-5-18-12/h2-3,5,9-11H,4,6-8H2,1H3. The van der Waals surface area contributed by atoms with Crippen molar-refractivity contribution in [1.29, 1.82) is 0 Å². The van der Waals surface area contributed by atoms with Crippen molar-refractivity contribution in [3.63, 3.8) is 0 Å². The van der Waals surface area contributed by atoms with Crippen molar-refractivity contribution in [3.05, 3.63) is 24.2 Å². The molecular weight excluding hydrogens is 266 g/mol. The Morgan fingerprint density at radius 2 is 2.26 bits per heavy atom. The monoisotopic (exact) mass is 283 g/mol. The molecule has 19 heavy (non-hydrogen) atoms. The molecule has 3 rings (SSSR count). The van der Waals surface area contributed by atoms with Crippen molar-refractivity contribution in [2.24, 2.45) is 5.92 Å². The third-order valence-corrected chi connectivity index (χ3v) is 5.87. The van der Waals surface area contributed by atoms with E-state index in [-0.39, 0.29) is 35.3 Å². The van der Waals surface area contributed by atoms with Gasteiger partial charge in [0.1, 0.15) is 5.76 Å². The van der Waals surface area contributed by atoms with Crippen LogP contribution in [-0.2, 0) is 14.6 Å². The van der Waals surface area contributed by atoms with E-state index in [1.807, 2.05) is 12.1 Å². The van der Waals surface area contributed by atoms with E-state index in [4.69, 9.17) is 4.42 Å². The minimum Gasteiger partial charge on any atom is -0.469 e. The van der Waals surface area contributed by atoms with Gasteiger partial charge < -0.3 is 9.32 Å². The van der Waals surface area contributed by atoms with Gasteiger partial charge in [0.25, 0.3) is 0 Å². The Balaban J connectivity index is 1.63. The second-order valence-electron chi connectivity index (χ2n) is 5.47. The first-order valence-electron chi connectivity index (χ1n) is 6.48. The van der Waals surface area contributed by atoms with E-state index in [1.165, 1.54) is 0 Å². The molecule has 0 spiro atoms. The summed E-state index contributed by atoms with van der Waals surface area (Å²) in [4.78, 5) is 13.9. The van der Waals surface area contributed by atoms with Crippen molar-refractivity contribution >= 4 is 15.7 Å². The molecule has 104 valence electrons. The van der Waals surface area contributed by atoms with Gasteiger partial charge >= 0.3 is 0 Å². The van der Waals surface area contributed by atoms with Crippen LogP contribution in [0.3, 0.4) is 0 Å². The molecule has 3 unspecified atom stereocenters. The smallest absolute Gasteiger partial charge is 0.226 e. The van der Waals surface area contributed by atoms with E-state index in [0.29, 0.717) is 6.42 Å². The maximum absolute atomic E-state index is 12.3. The summed E-state index contributed by atoms with van der Waals surface area (Å²) in [6.07, 6.45) is 2.97. The van der Waals surface area contributed by atoms with Gasteiger partial charge in [-0.1, -0.05) is 0 Å². The van der Waals surface area contributed by atoms with Gasteiger partial charge in [0, 0.05) is 24.9 Å². The lowest BCUT2D eigenvalue weighted by atomic mass is 10.2. The number of furan rings is 1. The van der Waals surface area contributed by atoms with Crippen molar-refractivity contribution in [2.75, 3.05) is 18.6 Å². The van der Waals surface area contributed by atoms with Gasteiger partial charge in [0.05, 0.1) is 17.8 Å². The Morgan fingerprint density at radius 3 is 2.84 bits per heavy atom. The highest BCUT2D eigenvalue weighted by Gasteiger charge is 2.48. The summed E-state index contributed by atoms with van der Waals surface area (Å²) < 4.78 is 28.2. The molecule has 0 bridgehead atoms. The van der Waals surface area contributed by atoms with Gasteiger partial charge in [0.2, 0.25) is 5.91 Å². The first-order valence-corrected chi connectivity index (χ1v) is 8.30. The summed E-state index contributed by atoms with van der Waals surface area (Å²) in [5, 5.41) is 0. The number of carbonyl (C=O) groups is 1. The van der Waals surface area contributed by atoms with Crippen LogP contribution < -0.4 is 0 Å². The lowest BCUT2D eigenvalue weighted by Crippen LogP contribution is -2.39. The van der Waals surface area contributed by atoms with E-state index >= 15 is 0 Å². The highest BCUT2D eigenvalue weighted by Crippen LogP contribution is 2.48. The molecule has 1 saturated carbocycles. The van der Waals surface area contributed by atoms with Crippen LogP contribution in [0.25, 0.3) is 0 Å². The number of hydrogen-bond donors (Lipinski definition) is 0. The fraction of sp³-hybridized carbons (Fsp3) is 0.615. The highest BCUT2D eigenvalue weighted by molar-refractivity contribution is 7.91. The molecule has 1 aliphatic heterocycles. The number of nitrogens with zero attached hydrogens (tertiary/aromatic N) is 1. The predicted octanol–water partition coefficient (Wildman–Crippen LogP) is 1.03. The van der Waals surface area contributed by atoms with Gasteiger partial charge in [-0.15, -0.1) is 0 Å². The average molecular weight is 283 g/mol. The molecule has 1 aliphatic carbocycles. The zero-order valence-corrected chi connectivity index (χ0v) is 11.6. The van der Waals surface area contributed by atoms with Crippen LogP contribution in [0, 0.1) is 5.92 Å². The molecule has 2 fully saturated rings. The van der Waals surface area contributed by atoms with Gasteiger partial charge in [-0.05, 0) is 25.0 Å². The molecule has 2 heterocycles. The number of hydrogen-bond acceptors (Lipinski definition) is 4. The van der Waals surface area contributed by atoms with Crippen LogP contribution in [0.4, 0.5) is 0 Å². The number of sulfone groups is 1. The van der Waals surface area contributed by atoms with E-state index < -0.39 is 9.84 Å². The van der Waals surface area contributed by atoms with Gasteiger partial charge in [-0.25, -0.2) is 8.42 Å². The first-order chi connectivity index (χ1) is 8.98. The first kappa shape index (κ1) is 12.7. The quantitative estimate of drug-likeness (QED) is 0.831. The predicted molar refractivity (Wildman–Crippen MR) is 69.4 cm³/mol. The zero-order chi connectivity index (χ0) is 13.6. The summed E-state index contributed by atoms with van der Waals surface area (Å²) in [5.74, 6) is 1.33. The topological polar surface area (TPSA) is 67.6 Å². The molecule has 1 amide bonds. The molecule has 5 nitrogen and oxygen atoms in total. The minimum absolute atomic E-state index is 0.0422. The number of rotatable bonds is 3. The van der Waals surface area contributed by atoms with Gasteiger partial charge in [-0.3, -0.25) is 4.79 Å². The van der Waals surface area contributed by atoms with Crippen molar-refractivity contribution in [1.82, 2.24) is 4.90 Å². The Morgan fingerprint density at radius 1 is 1.47 bits per heavy atom. The summed E-state index contributed by atoms with van der Waals surface area (Å²) >= 11 is 0. The molecule has 1 aromatic heterocycles. The number of carbonyl (C=O) groups excluding carboxylic acids is 1. The van der Waals surface area contributed by atoms with Crippen LogP contribution in [0.5, 0.6) is 0 Å². The molecular formula is C13H17NO4S. The van der Waals surface area contributed by atoms with Crippen LogP contribution in [-0.4, -0.2) is 43.8 Å². The molecule has 3 atom stereocenters. The number of amides is 1. The van der Waals surface area contributed by atoms with E-state index in [1.54, 1.807) is 18.2 Å². The van der Waals surface area contributed by atoms with E-state index in [2.05, 4.69) is 0 Å². The Kier molecular flexibility index (Phi) is 2.92. The zero-order valence-electron chi connectivity index (χ0n) is 10.8. The van der Waals surface area contributed by atoms with Crippen LogP contribution in [0.2, 0.25) is 0 Å². The summed E-state index contributed by atoms with van der Waals surface area (Å²) in [7, 11) is -1.23. The van der Waals surface area contributed by atoms with Crippen molar-refractivity contribution in [3.8, 4) is 0 Å².